The van der Waals surface area contributed by atoms with Crippen molar-refractivity contribution in [3.05, 3.63) is 83.0 Å². The lowest BCUT2D eigenvalue weighted by Gasteiger charge is -2.02. The summed E-state index contributed by atoms with van der Waals surface area (Å²) in [6, 6.07) is 20.0. The predicted molar refractivity (Wildman–Crippen MR) is 94.9 cm³/mol. The Hall–Kier alpha value is -2.32. The van der Waals surface area contributed by atoms with Crippen molar-refractivity contribution in [2.75, 3.05) is 5.32 Å². The van der Waals surface area contributed by atoms with Crippen LogP contribution in [-0.2, 0) is 0 Å². The first-order valence-electron chi connectivity index (χ1n) is 7.32. The standard InChI is InChI=1S/C19H17ClN2/c20-19-15(13-21-17-7-3-1-4-8-17)11-12-16(19)14-22-18-9-5-2-6-10-18/h1-10,13-14,21H,11-12H2/b15-13+,22-14?. The number of hydrogen-bond acceptors (Lipinski definition) is 2. The van der Waals surface area contributed by atoms with E-state index in [1.54, 1.807) is 0 Å². The third-order valence-electron chi connectivity index (χ3n) is 3.54. The number of rotatable bonds is 4. The first-order valence-corrected chi connectivity index (χ1v) is 7.69. The molecule has 0 saturated carbocycles. The van der Waals surface area contributed by atoms with Gasteiger partial charge in [0.15, 0.2) is 0 Å². The third-order valence-corrected chi connectivity index (χ3v) is 4.03. The molecular weight excluding hydrogens is 292 g/mol. The highest BCUT2D eigenvalue weighted by Crippen LogP contribution is 2.33. The topological polar surface area (TPSA) is 24.4 Å². The fourth-order valence-corrected chi connectivity index (χ4v) is 2.62. The van der Waals surface area contributed by atoms with Gasteiger partial charge in [-0.3, -0.25) is 4.99 Å². The minimum atomic E-state index is 0.808. The van der Waals surface area contributed by atoms with Crippen LogP contribution in [0.4, 0.5) is 11.4 Å². The molecule has 0 aromatic heterocycles. The maximum Gasteiger partial charge on any atom is 0.0629 e. The van der Waals surface area contributed by atoms with Crippen molar-refractivity contribution in [2.24, 2.45) is 4.99 Å². The molecule has 0 atom stereocenters. The average molecular weight is 309 g/mol. The van der Waals surface area contributed by atoms with Crippen LogP contribution >= 0.6 is 11.6 Å². The van der Waals surface area contributed by atoms with Gasteiger partial charge in [-0.15, -0.1) is 0 Å². The number of nitrogens with zero attached hydrogens (tertiary/aromatic N) is 1. The maximum atomic E-state index is 6.46. The molecule has 0 amide bonds. The zero-order valence-corrected chi connectivity index (χ0v) is 12.9. The van der Waals surface area contributed by atoms with Crippen molar-refractivity contribution in [3.63, 3.8) is 0 Å². The molecular formula is C19H17ClN2. The molecule has 0 saturated heterocycles. The number of hydrogen-bond donors (Lipinski definition) is 1. The fraction of sp³-hybridized carbons (Fsp3) is 0.105. The molecule has 1 aliphatic rings. The Bertz CT molecular complexity index is 716. The van der Waals surface area contributed by atoms with E-state index >= 15 is 0 Å². The Balaban J connectivity index is 1.71. The number of nitrogens with one attached hydrogen (secondary N) is 1. The summed E-state index contributed by atoms with van der Waals surface area (Å²) in [6.07, 6.45) is 5.73. The van der Waals surface area contributed by atoms with Gasteiger partial charge in [-0.2, -0.15) is 0 Å². The number of aliphatic imine (C=N–C) groups is 1. The molecule has 0 unspecified atom stereocenters. The highest BCUT2D eigenvalue weighted by atomic mass is 35.5. The van der Waals surface area contributed by atoms with Crippen molar-refractivity contribution < 1.29 is 0 Å². The van der Waals surface area contributed by atoms with Crippen molar-refractivity contribution in [3.8, 4) is 0 Å². The van der Waals surface area contributed by atoms with Crippen molar-refractivity contribution in [2.45, 2.75) is 12.8 Å². The molecule has 0 spiro atoms. The van der Waals surface area contributed by atoms with E-state index in [4.69, 9.17) is 11.6 Å². The summed E-state index contributed by atoms with van der Waals surface area (Å²) in [6.45, 7) is 0. The van der Waals surface area contributed by atoms with Crippen LogP contribution in [0.1, 0.15) is 12.8 Å². The van der Waals surface area contributed by atoms with Crippen LogP contribution in [0.3, 0.4) is 0 Å². The second-order valence-corrected chi connectivity index (χ2v) is 5.49. The highest BCUT2D eigenvalue weighted by molar-refractivity contribution is 6.34. The first kappa shape index (κ1) is 14.6. The van der Waals surface area contributed by atoms with Crippen LogP contribution < -0.4 is 5.32 Å². The van der Waals surface area contributed by atoms with Crippen molar-refractivity contribution in [1.29, 1.82) is 0 Å². The van der Waals surface area contributed by atoms with Gasteiger partial charge < -0.3 is 5.32 Å². The van der Waals surface area contributed by atoms with Gasteiger partial charge in [0.05, 0.1) is 5.69 Å². The van der Waals surface area contributed by atoms with Gasteiger partial charge in [-0.1, -0.05) is 48.0 Å². The maximum absolute atomic E-state index is 6.46. The minimum absolute atomic E-state index is 0.808. The summed E-state index contributed by atoms with van der Waals surface area (Å²) < 4.78 is 0. The monoisotopic (exact) mass is 308 g/mol. The van der Waals surface area contributed by atoms with Gasteiger partial charge in [-0.25, -0.2) is 0 Å². The smallest absolute Gasteiger partial charge is 0.0629 e. The van der Waals surface area contributed by atoms with Gasteiger partial charge in [-0.05, 0) is 48.3 Å². The molecule has 2 aromatic carbocycles. The molecule has 0 aliphatic heterocycles. The van der Waals surface area contributed by atoms with Gasteiger partial charge in [0.2, 0.25) is 0 Å². The summed E-state index contributed by atoms with van der Waals surface area (Å²) in [7, 11) is 0. The minimum Gasteiger partial charge on any atom is -0.361 e. The van der Waals surface area contributed by atoms with Gasteiger partial charge >= 0.3 is 0 Å². The summed E-state index contributed by atoms with van der Waals surface area (Å²) >= 11 is 6.46. The first-order chi connectivity index (χ1) is 10.8. The molecule has 1 aliphatic carbocycles. The van der Waals surface area contributed by atoms with Gasteiger partial charge in [0.1, 0.15) is 0 Å². The molecule has 2 aromatic rings. The van der Waals surface area contributed by atoms with Crippen LogP contribution in [0.15, 0.2) is 88.0 Å². The lowest BCUT2D eigenvalue weighted by atomic mass is 10.2. The summed E-state index contributed by atoms with van der Waals surface area (Å²) in [5, 5.41) is 4.09. The van der Waals surface area contributed by atoms with E-state index in [-0.39, 0.29) is 0 Å². The second kappa shape index (κ2) is 7.10. The van der Waals surface area contributed by atoms with Crippen LogP contribution in [0, 0.1) is 0 Å². The van der Waals surface area contributed by atoms with Gasteiger partial charge in [0.25, 0.3) is 0 Å². The number of anilines is 1. The third kappa shape index (κ3) is 3.66. The number of halogens is 1. The van der Waals surface area contributed by atoms with E-state index in [9.17, 15) is 0 Å². The van der Waals surface area contributed by atoms with E-state index in [2.05, 4.69) is 10.3 Å². The zero-order valence-electron chi connectivity index (χ0n) is 12.2. The zero-order chi connectivity index (χ0) is 15.2. The van der Waals surface area contributed by atoms with E-state index in [0.29, 0.717) is 0 Å². The molecule has 0 heterocycles. The molecule has 2 nitrogen and oxygen atoms in total. The Kier molecular flexibility index (Phi) is 4.71. The number of para-hydroxylation sites is 2. The van der Waals surface area contributed by atoms with Crippen molar-refractivity contribution in [1.82, 2.24) is 0 Å². The highest BCUT2D eigenvalue weighted by Gasteiger charge is 2.16. The van der Waals surface area contributed by atoms with Crippen LogP contribution in [0.2, 0.25) is 0 Å². The molecule has 0 bridgehead atoms. The Morgan fingerprint density at radius 2 is 1.59 bits per heavy atom. The van der Waals surface area contributed by atoms with Crippen LogP contribution in [0.25, 0.3) is 0 Å². The fourth-order valence-electron chi connectivity index (χ4n) is 2.32. The van der Waals surface area contributed by atoms with E-state index in [1.807, 2.05) is 73.1 Å². The largest absolute Gasteiger partial charge is 0.361 e. The van der Waals surface area contributed by atoms with Crippen LogP contribution in [0.5, 0.6) is 0 Å². The molecule has 3 heteroatoms. The summed E-state index contributed by atoms with van der Waals surface area (Å²) in [4.78, 5) is 4.48. The molecule has 22 heavy (non-hydrogen) atoms. The van der Waals surface area contributed by atoms with Gasteiger partial charge in [0, 0.05) is 23.1 Å². The molecule has 0 radical (unpaired) electrons. The lowest BCUT2D eigenvalue weighted by molar-refractivity contribution is 1.04. The summed E-state index contributed by atoms with van der Waals surface area (Å²) in [5.41, 5.74) is 4.22. The Labute approximate surface area is 135 Å². The predicted octanol–water partition coefficient (Wildman–Crippen LogP) is 5.67. The normalized spacial score (nSPS) is 16.7. The number of allylic oxidation sites excluding steroid dienone is 3. The molecule has 110 valence electrons. The van der Waals surface area contributed by atoms with E-state index in [1.165, 1.54) is 0 Å². The Morgan fingerprint density at radius 3 is 2.32 bits per heavy atom. The SMILES string of the molecule is ClC1=C(C=Nc2ccccc2)CC/C1=C\Nc1ccccc1. The van der Waals surface area contributed by atoms with E-state index < -0.39 is 0 Å². The summed E-state index contributed by atoms with van der Waals surface area (Å²) in [5.74, 6) is 0. The molecule has 3 rings (SSSR count). The number of benzene rings is 2. The Morgan fingerprint density at radius 1 is 0.909 bits per heavy atom. The van der Waals surface area contributed by atoms with Crippen molar-refractivity contribution >= 4 is 29.2 Å². The quantitative estimate of drug-likeness (QED) is 0.723. The average Bonchev–Trinajstić information content (AvgIpc) is 2.93. The lowest BCUT2D eigenvalue weighted by Crippen LogP contribution is -1.89. The second-order valence-electron chi connectivity index (χ2n) is 5.11. The van der Waals surface area contributed by atoms with Crippen LogP contribution in [-0.4, -0.2) is 6.21 Å². The molecule has 0 fully saturated rings. The van der Waals surface area contributed by atoms with E-state index in [0.717, 1.165) is 40.4 Å². The molecule has 1 N–H and O–H groups in total.